The van der Waals surface area contributed by atoms with Crippen molar-refractivity contribution in [1.29, 1.82) is 0 Å². The quantitative estimate of drug-likeness (QED) is 0.853. The van der Waals surface area contributed by atoms with E-state index in [9.17, 15) is 9.59 Å². The molecule has 2 aromatic rings. The number of hydrogen-bond donors (Lipinski definition) is 1. The highest BCUT2D eigenvalue weighted by Crippen LogP contribution is 2.32. The lowest BCUT2D eigenvalue weighted by molar-refractivity contribution is 0.0942. The summed E-state index contributed by atoms with van der Waals surface area (Å²) in [6, 6.07) is 8.02. The van der Waals surface area contributed by atoms with Crippen molar-refractivity contribution >= 4 is 23.6 Å². The number of amides is 2. The Morgan fingerprint density at radius 3 is 2.59 bits per heavy atom. The Hall–Kier alpha value is -3.16. The first-order chi connectivity index (χ1) is 14.0. The first kappa shape index (κ1) is 19.2. The van der Waals surface area contributed by atoms with Crippen LogP contribution in [0.3, 0.4) is 0 Å². The summed E-state index contributed by atoms with van der Waals surface area (Å²) >= 11 is 0. The SMILES string of the molecule is CC(C)NC(=O)c1cnc(N2CCC(N3C(=O)OCc4ccccc43)CC2)nc1.[HH]. The summed E-state index contributed by atoms with van der Waals surface area (Å²) in [6.07, 6.45) is 4.43. The molecule has 2 amide bonds. The number of benzene rings is 1. The van der Waals surface area contributed by atoms with Gasteiger partial charge in [0.05, 0.1) is 11.3 Å². The minimum atomic E-state index is -0.279. The molecule has 8 nitrogen and oxygen atoms in total. The zero-order valence-electron chi connectivity index (χ0n) is 16.7. The van der Waals surface area contributed by atoms with E-state index in [4.69, 9.17) is 4.74 Å². The Bertz CT molecular complexity index is 898. The van der Waals surface area contributed by atoms with Crippen LogP contribution in [0.5, 0.6) is 0 Å². The van der Waals surface area contributed by atoms with Crippen LogP contribution in [0.2, 0.25) is 0 Å². The molecule has 0 atom stereocenters. The monoisotopic (exact) mass is 397 g/mol. The highest BCUT2D eigenvalue weighted by molar-refractivity contribution is 5.93. The molecule has 1 aromatic carbocycles. The van der Waals surface area contributed by atoms with Crippen molar-refractivity contribution in [3.8, 4) is 0 Å². The highest BCUT2D eigenvalue weighted by Gasteiger charge is 2.34. The van der Waals surface area contributed by atoms with E-state index in [1.54, 1.807) is 17.3 Å². The minimum absolute atomic E-state index is 0. The zero-order valence-corrected chi connectivity index (χ0v) is 16.7. The summed E-state index contributed by atoms with van der Waals surface area (Å²) in [6.45, 7) is 5.61. The molecule has 8 heteroatoms. The summed E-state index contributed by atoms with van der Waals surface area (Å²) in [5, 5.41) is 2.83. The molecule has 2 aliphatic rings. The second kappa shape index (κ2) is 8.06. The van der Waals surface area contributed by atoms with Gasteiger partial charge in [0.15, 0.2) is 0 Å². The third kappa shape index (κ3) is 4.01. The topological polar surface area (TPSA) is 87.7 Å². The number of piperidine rings is 1. The lowest BCUT2D eigenvalue weighted by Crippen LogP contribution is -2.49. The van der Waals surface area contributed by atoms with Crippen molar-refractivity contribution in [3.63, 3.8) is 0 Å². The van der Waals surface area contributed by atoms with E-state index in [0.29, 0.717) is 18.1 Å². The number of rotatable bonds is 4. The van der Waals surface area contributed by atoms with Crippen LogP contribution in [0.25, 0.3) is 0 Å². The van der Waals surface area contributed by atoms with Gasteiger partial charge in [0.1, 0.15) is 6.61 Å². The molecule has 154 valence electrons. The normalized spacial score (nSPS) is 17.1. The second-order valence-electron chi connectivity index (χ2n) is 7.67. The number of para-hydroxylation sites is 1. The van der Waals surface area contributed by atoms with Crippen molar-refractivity contribution < 1.29 is 15.8 Å². The summed E-state index contributed by atoms with van der Waals surface area (Å²) < 4.78 is 5.36. The fourth-order valence-electron chi connectivity index (χ4n) is 3.79. The van der Waals surface area contributed by atoms with E-state index in [1.165, 1.54) is 0 Å². The van der Waals surface area contributed by atoms with Crippen LogP contribution in [-0.2, 0) is 11.3 Å². The molecular weight excluding hydrogens is 370 g/mol. The first-order valence-electron chi connectivity index (χ1n) is 9.94. The maximum Gasteiger partial charge on any atom is 0.414 e. The molecular formula is C21H27N5O3. The molecule has 2 aliphatic heterocycles. The van der Waals surface area contributed by atoms with Crippen LogP contribution in [0.15, 0.2) is 36.7 Å². The third-order valence-electron chi connectivity index (χ3n) is 5.23. The number of anilines is 2. The first-order valence-corrected chi connectivity index (χ1v) is 9.94. The van der Waals surface area contributed by atoms with Gasteiger partial charge in [-0.15, -0.1) is 0 Å². The Kier molecular flexibility index (Phi) is 5.33. The molecule has 0 saturated carbocycles. The van der Waals surface area contributed by atoms with Gasteiger partial charge < -0.3 is 15.0 Å². The van der Waals surface area contributed by atoms with Crippen LogP contribution in [-0.4, -0.2) is 47.1 Å². The number of aromatic nitrogens is 2. The summed E-state index contributed by atoms with van der Waals surface area (Å²) in [4.78, 5) is 37.1. The maximum atomic E-state index is 12.4. The number of nitrogens with zero attached hydrogens (tertiary/aromatic N) is 4. The van der Waals surface area contributed by atoms with Gasteiger partial charge in [-0.1, -0.05) is 18.2 Å². The fourth-order valence-corrected chi connectivity index (χ4v) is 3.79. The van der Waals surface area contributed by atoms with E-state index in [2.05, 4.69) is 20.2 Å². The molecule has 0 bridgehead atoms. The van der Waals surface area contributed by atoms with Gasteiger partial charge in [0.2, 0.25) is 5.95 Å². The molecule has 4 rings (SSSR count). The summed E-state index contributed by atoms with van der Waals surface area (Å²) in [5.41, 5.74) is 2.43. The number of cyclic esters (lactones) is 1. The van der Waals surface area contributed by atoms with Crippen molar-refractivity contribution in [3.05, 3.63) is 47.8 Å². The Balaban J connectivity index is 0.00000256. The maximum absolute atomic E-state index is 12.4. The summed E-state index contributed by atoms with van der Waals surface area (Å²) in [5.74, 6) is 0.429. The molecule has 0 unspecified atom stereocenters. The van der Waals surface area contributed by atoms with Gasteiger partial charge in [0, 0.05) is 44.6 Å². The Morgan fingerprint density at radius 1 is 1.21 bits per heavy atom. The molecule has 3 heterocycles. The molecule has 0 spiro atoms. The van der Waals surface area contributed by atoms with Gasteiger partial charge in [-0.3, -0.25) is 9.69 Å². The largest absolute Gasteiger partial charge is 0.444 e. The van der Waals surface area contributed by atoms with Crippen molar-refractivity contribution in [2.24, 2.45) is 0 Å². The van der Waals surface area contributed by atoms with Crippen LogP contribution in [0.4, 0.5) is 16.4 Å². The number of carbonyl (C=O) groups excluding carboxylic acids is 2. The third-order valence-corrected chi connectivity index (χ3v) is 5.23. The lowest BCUT2D eigenvalue weighted by Gasteiger charge is -2.40. The second-order valence-corrected chi connectivity index (χ2v) is 7.67. The predicted octanol–water partition coefficient (Wildman–Crippen LogP) is 2.99. The van der Waals surface area contributed by atoms with Crippen molar-refractivity contribution in [2.45, 2.75) is 45.4 Å². The van der Waals surface area contributed by atoms with E-state index in [1.807, 2.05) is 38.1 Å². The average molecular weight is 397 g/mol. The lowest BCUT2D eigenvalue weighted by atomic mass is 10.0. The fraction of sp³-hybridized carbons (Fsp3) is 0.429. The highest BCUT2D eigenvalue weighted by atomic mass is 16.6. The standard InChI is InChI=1S/C21H25N5O3.H2/c1-14(2)24-19(27)16-11-22-20(23-12-16)25-9-7-17(8-10-25)26-18-6-4-3-5-15(18)13-29-21(26)28;/h3-6,11-12,14,17H,7-10,13H2,1-2H3,(H,24,27);1H. The van der Waals surface area contributed by atoms with Gasteiger partial charge >= 0.3 is 6.09 Å². The van der Waals surface area contributed by atoms with Crippen molar-refractivity contribution in [1.82, 2.24) is 15.3 Å². The van der Waals surface area contributed by atoms with Crippen LogP contribution in [0, 0.1) is 0 Å². The van der Waals surface area contributed by atoms with Crippen LogP contribution < -0.4 is 15.1 Å². The predicted molar refractivity (Wildman–Crippen MR) is 111 cm³/mol. The number of carbonyl (C=O) groups is 2. The Labute approximate surface area is 171 Å². The van der Waals surface area contributed by atoms with Crippen LogP contribution >= 0.6 is 0 Å². The molecule has 0 radical (unpaired) electrons. The molecule has 1 aromatic heterocycles. The average Bonchev–Trinajstić information content (AvgIpc) is 2.73. The van der Waals surface area contributed by atoms with Gasteiger partial charge in [-0.2, -0.15) is 0 Å². The van der Waals surface area contributed by atoms with Gasteiger partial charge in [-0.05, 0) is 32.8 Å². The Morgan fingerprint density at radius 2 is 1.90 bits per heavy atom. The molecule has 1 N–H and O–H groups in total. The van der Waals surface area contributed by atoms with Crippen molar-refractivity contribution in [2.75, 3.05) is 22.9 Å². The van der Waals surface area contributed by atoms with E-state index < -0.39 is 0 Å². The smallest absolute Gasteiger partial charge is 0.414 e. The summed E-state index contributed by atoms with van der Waals surface area (Å²) in [7, 11) is 0. The van der Waals surface area contributed by atoms with Gasteiger partial charge in [-0.25, -0.2) is 14.8 Å². The molecule has 1 fully saturated rings. The number of hydrogen-bond acceptors (Lipinski definition) is 6. The van der Waals surface area contributed by atoms with E-state index >= 15 is 0 Å². The number of nitrogens with one attached hydrogen (secondary N) is 1. The molecule has 0 aliphatic carbocycles. The molecule has 1 saturated heterocycles. The molecule has 29 heavy (non-hydrogen) atoms. The van der Waals surface area contributed by atoms with E-state index in [0.717, 1.165) is 37.2 Å². The number of ether oxygens (including phenoxy) is 1. The van der Waals surface area contributed by atoms with Gasteiger partial charge in [0.25, 0.3) is 5.91 Å². The van der Waals surface area contributed by atoms with Crippen LogP contribution in [0.1, 0.15) is 44.0 Å². The minimum Gasteiger partial charge on any atom is -0.444 e. The van der Waals surface area contributed by atoms with E-state index in [-0.39, 0.29) is 25.5 Å². The zero-order chi connectivity index (χ0) is 20.4. The number of fused-ring (bicyclic) bond motifs is 1.